The van der Waals surface area contributed by atoms with Gasteiger partial charge in [0.25, 0.3) is 0 Å². The first-order chi connectivity index (χ1) is 15.2. The van der Waals surface area contributed by atoms with Gasteiger partial charge in [-0.2, -0.15) is 0 Å². The molecule has 0 aliphatic carbocycles. The molecule has 2 N–H and O–H groups in total. The Morgan fingerprint density at radius 3 is 2.09 bits per heavy atom. The van der Waals surface area contributed by atoms with E-state index in [9.17, 15) is 21.6 Å². The Kier molecular flexibility index (Phi) is 7.50. The number of carbonyl (C=O) groups excluding carboxylic acids is 1. The normalized spacial score (nSPS) is 11.9. The van der Waals surface area contributed by atoms with Gasteiger partial charge in [-0.1, -0.05) is 12.1 Å². The number of sulfone groups is 2. The van der Waals surface area contributed by atoms with Crippen LogP contribution in [0, 0.1) is 0 Å². The standard InChI is InChI=1S/C22H23NO6S3/c1-29-17-6-11-19(12-7-17)31(25,26)14-2-3-21(24)16-4-9-20(10-5-16)32(27,28)22-13-8-18(15-23)30-22/h4-13H,2-3,14-15,23H2,1H3. The van der Waals surface area contributed by atoms with E-state index in [1.54, 1.807) is 18.2 Å². The SMILES string of the molecule is COc1ccc(S(=O)(=O)CCCC(=O)c2ccc(S(=O)(=O)c3ccc(CN)s3)cc2)cc1. The summed E-state index contributed by atoms with van der Waals surface area (Å²) < 4.78 is 55.5. The maximum atomic E-state index is 12.7. The van der Waals surface area contributed by atoms with E-state index >= 15 is 0 Å². The molecule has 0 radical (unpaired) electrons. The monoisotopic (exact) mass is 493 g/mol. The van der Waals surface area contributed by atoms with Crippen molar-refractivity contribution in [2.75, 3.05) is 12.9 Å². The van der Waals surface area contributed by atoms with Gasteiger partial charge in [-0.05, 0) is 55.0 Å². The average molecular weight is 494 g/mol. The summed E-state index contributed by atoms with van der Waals surface area (Å²) in [6.45, 7) is 0.266. The maximum Gasteiger partial charge on any atom is 0.215 e. The topological polar surface area (TPSA) is 121 Å². The Hall–Kier alpha value is -2.53. The highest BCUT2D eigenvalue weighted by Gasteiger charge is 2.21. The molecule has 0 saturated carbocycles. The van der Waals surface area contributed by atoms with E-state index in [0.29, 0.717) is 11.3 Å². The lowest BCUT2D eigenvalue weighted by Gasteiger charge is -2.06. The van der Waals surface area contributed by atoms with E-state index in [1.165, 1.54) is 49.6 Å². The fourth-order valence-electron chi connectivity index (χ4n) is 3.02. The third-order valence-electron chi connectivity index (χ3n) is 4.83. The number of nitrogens with two attached hydrogens (primary N) is 1. The lowest BCUT2D eigenvalue weighted by atomic mass is 10.1. The third kappa shape index (κ3) is 5.44. The predicted octanol–water partition coefficient (Wildman–Crippen LogP) is 3.49. The maximum absolute atomic E-state index is 12.7. The number of ketones is 1. The van der Waals surface area contributed by atoms with Crippen LogP contribution < -0.4 is 10.5 Å². The number of ether oxygens (including phenoxy) is 1. The molecule has 0 spiro atoms. The zero-order chi connectivity index (χ0) is 23.4. The third-order valence-corrected chi connectivity index (χ3v) is 10.0. The van der Waals surface area contributed by atoms with Gasteiger partial charge in [0.05, 0.1) is 22.7 Å². The molecule has 0 aliphatic rings. The molecule has 0 saturated heterocycles. The molecule has 32 heavy (non-hydrogen) atoms. The van der Waals surface area contributed by atoms with Gasteiger partial charge in [0.1, 0.15) is 9.96 Å². The molecule has 0 unspecified atom stereocenters. The van der Waals surface area contributed by atoms with Gasteiger partial charge in [-0.15, -0.1) is 11.3 Å². The smallest absolute Gasteiger partial charge is 0.215 e. The Bertz CT molecular complexity index is 1290. The van der Waals surface area contributed by atoms with Crippen molar-refractivity contribution in [3.05, 3.63) is 71.1 Å². The number of benzene rings is 2. The van der Waals surface area contributed by atoms with Crippen molar-refractivity contribution in [2.24, 2.45) is 5.73 Å². The van der Waals surface area contributed by atoms with Crippen molar-refractivity contribution >= 4 is 36.8 Å². The second kappa shape index (κ2) is 9.95. The van der Waals surface area contributed by atoms with Crippen LogP contribution in [0.2, 0.25) is 0 Å². The number of thiophene rings is 1. The second-order valence-electron chi connectivity index (χ2n) is 6.97. The van der Waals surface area contributed by atoms with Crippen LogP contribution in [0.1, 0.15) is 28.1 Å². The summed E-state index contributed by atoms with van der Waals surface area (Å²) in [6.07, 6.45) is 0.191. The van der Waals surface area contributed by atoms with E-state index in [2.05, 4.69) is 0 Å². The van der Waals surface area contributed by atoms with Crippen molar-refractivity contribution in [3.8, 4) is 5.75 Å². The van der Waals surface area contributed by atoms with Crippen LogP contribution in [-0.4, -0.2) is 35.5 Å². The first kappa shape index (κ1) is 24.1. The molecule has 0 bridgehead atoms. The average Bonchev–Trinajstić information content (AvgIpc) is 3.29. The van der Waals surface area contributed by atoms with Gasteiger partial charge in [-0.25, -0.2) is 16.8 Å². The van der Waals surface area contributed by atoms with Gasteiger partial charge >= 0.3 is 0 Å². The summed E-state index contributed by atoms with van der Waals surface area (Å²) in [5.41, 5.74) is 5.88. The summed E-state index contributed by atoms with van der Waals surface area (Å²) in [5, 5.41) is 0. The van der Waals surface area contributed by atoms with E-state index in [0.717, 1.165) is 16.2 Å². The van der Waals surface area contributed by atoms with Crippen molar-refractivity contribution in [3.63, 3.8) is 0 Å². The van der Waals surface area contributed by atoms with E-state index < -0.39 is 19.7 Å². The molecule has 1 aromatic heterocycles. The van der Waals surface area contributed by atoms with Crippen molar-refractivity contribution in [2.45, 2.75) is 33.4 Å². The minimum Gasteiger partial charge on any atom is -0.497 e. The highest BCUT2D eigenvalue weighted by Crippen LogP contribution is 2.28. The minimum atomic E-state index is -3.68. The lowest BCUT2D eigenvalue weighted by Crippen LogP contribution is -2.09. The quantitative estimate of drug-likeness (QED) is 0.429. The van der Waals surface area contributed by atoms with Gasteiger partial charge in [0, 0.05) is 23.4 Å². The largest absolute Gasteiger partial charge is 0.497 e. The van der Waals surface area contributed by atoms with Gasteiger partial charge in [-0.3, -0.25) is 4.79 Å². The van der Waals surface area contributed by atoms with Crippen LogP contribution >= 0.6 is 11.3 Å². The van der Waals surface area contributed by atoms with E-state index in [-0.39, 0.29) is 44.9 Å². The van der Waals surface area contributed by atoms with Crippen LogP contribution in [0.4, 0.5) is 0 Å². The van der Waals surface area contributed by atoms with Gasteiger partial charge in [0.15, 0.2) is 15.6 Å². The molecule has 10 heteroatoms. The van der Waals surface area contributed by atoms with Crippen LogP contribution in [0.25, 0.3) is 0 Å². The second-order valence-corrected chi connectivity index (χ2v) is 12.4. The highest BCUT2D eigenvalue weighted by molar-refractivity contribution is 7.93. The zero-order valence-corrected chi connectivity index (χ0v) is 19.8. The van der Waals surface area contributed by atoms with Crippen LogP contribution in [-0.2, 0) is 26.2 Å². The van der Waals surface area contributed by atoms with E-state index in [4.69, 9.17) is 10.5 Å². The molecule has 2 aromatic carbocycles. The van der Waals surface area contributed by atoms with Crippen LogP contribution in [0.3, 0.4) is 0 Å². The molecule has 170 valence electrons. The fourth-order valence-corrected chi connectivity index (χ4v) is 6.96. The van der Waals surface area contributed by atoms with Gasteiger partial charge < -0.3 is 10.5 Å². The molecule has 3 aromatic rings. The first-order valence-corrected chi connectivity index (χ1v) is 13.7. The summed E-state index contributed by atoms with van der Waals surface area (Å²) in [4.78, 5) is 13.5. The Balaban J connectivity index is 1.62. The first-order valence-electron chi connectivity index (χ1n) is 9.71. The van der Waals surface area contributed by atoms with E-state index in [1.807, 2.05) is 0 Å². The fraction of sp³-hybridized carbons (Fsp3) is 0.227. The molecule has 0 fully saturated rings. The Labute approximate surface area is 191 Å². The number of rotatable bonds is 10. The molecule has 1 heterocycles. The molecule has 0 amide bonds. The Morgan fingerprint density at radius 2 is 1.53 bits per heavy atom. The number of hydrogen-bond acceptors (Lipinski definition) is 8. The molecule has 3 rings (SSSR count). The summed E-state index contributed by atoms with van der Waals surface area (Å²) in [6, 6.07) is 15.0. The highest BCUT2D eigenvalue weighted by atomic mass is 32.2. The summed E-state index contributed by atoms with van der Waals surface area (Å²) in [7, 11) is -5.70. The van der Waals surface area contributed by atoms with Crippen molar-refractivity contribution in [1.29, 1.82) is 0 Å². The van der Waals surface area contributed by atoms with Gasteiger partial charge in [0.2, 0.25) is 9.84 Å². The number of hydrogen-bond donors (Lipinski definition) is 1. The number of methoxy groups -OCH3 is 1. The summed E-state index contributed by atoms with van der Waals surface area (Å²) in [5.74, 6) is 0.142. The lowest BCUT2D eigenvalue weighted by molar-refractivity contribution is 0.0982. The summed E-state index contributed by atoms with van der Waals surface area (Å²) >= 11 is 1.11. The van der Waals surface area contributed by atoms with Crippen molar-refractivity contribution < 1.29 is 26.4 Å². The number of Topliss-reactive ketones (excluding diaryl/α,β-unsaturated/α-hetero) is 1. The molecular formula is C22H23NO6S3. The Morgan fingerprint density at radius 1 is 0.906 bits per heavy atom. The molecule has 0 atom stereocenters. The molecular weight excluding hydrogens is 470 g/mol. The zero-order valence-electron chi connectivity index (χ0n) is 17.4. The predicted molar refractivity (Wildman–Crippen MR) is 123 cm³/mol. The van der Waals surface area contributed by atoms with Crippen LogP contribution in [0.5, 0.6) is 5.75 Å². The molecule has 0 aliphatic heterocycles. The van der Waals surface area contributed by atoms with Crippen LogP contribution in [0.15, 0.2) is 74.7 Å². The van der Waals surface area contributed by atoms with Crippen molar-refractivity contribution in [1.82, 2.24) is 0 Å². The molecule has 7 nitrogen and oxygen atoms in total. The number of carbonyl (C=O) groups is 1. The minimum absolute atomic E-state index is 0.0340.